The van der Waals surface area contributed by atoms with E-state index >= 15 is 0 Å². The average Bonchev–Trinajstić information content (AvgIpc) is 3.09. The monoisotopic (exact) mass is 259 g/mol. The molecule has 3 rings (SSSR count). The highest BCUT2D eigenvalue weighted by Crippen LogP contribution is 2.20. The molecule has 19 heavy (non-hydrogen) atoms. The van der Waals surface area contributed by atoms with E-state index in [4.69, 9.17) is 14.5 Å². The maximum absolute atomic E-state index is 10.9. The molecule has 2 N–H and O–H groups in total. The lowest BCUT2D eigenvalue weighted by molar-refractivity contribution is 0.0513. The summed E-state index contributed by atoms with van der Waals surface area (Å²) < 4.78 is 4.96. The number of benzene rings is 1. The highest BCUT2D eigenvalue weighted by Gasteiger charge is 2.25. The number of hydrogen-bond acceptors (Lipinski definition) is 6. The number of nitrogens with zero attached hydrogens (tertiary/aromatic N) is 2. The molecule has 0 saturated carbocycles. The lowest BCUT2D eigenvalue weighted by atomic mass is 10.1. The Balaban J connectivity index is 1.81. The fourth-order valence-electron chi connectivity index (χ4n) is 1.70. The second-order valence-electron chi connectivity index (χ2n) is 3.87. The van der Waals surface area contributed by atoms with E-state index in [1.165, 1.54) is 18.3 Å². The number of rotatable bonds is 3. The molecule has 0 spiro atoms. The molecule has 0 saturated heterocycles. The van der Waals surface area contributed by atoms with Crippen molar-refractivity contribution in [2.45, 2.75) is 6.23 Å². The quantitative estimate of drug-likeness (QED) is 0.863. The van der Waals surface area contributed by atoms with E-state index in [-0.39, 0.29) is 5.56 Å². The van der Waals surface area contributed by atoms with Crippen LogP contribution in [0.4, 0.5) is 0 Å². The van der Waals surface area contributed by atoms with Gasteiger partial charge in [0.25, 0.3) is 6.23 Å². The van der Waals surface area contributed by atoms with Gasteiger partial charge in [-0.2, -0.15) is 0 Å². The van der Waals surface area contributed by atoms with Crippen molar-refractivity contribution in [2.24, 2.45) is 5.16 Å². The average molecular weight is 259 g/mol. The molecule has 1 aliphatic heterocycles. The highest BCUT2D eigenvalue weighted by atomic mass is 16.7. The van der Waals surface area contributed by atoms with Gasteiger partial charge in [0.15, 0.2) is 5.84 Å². The van der Waals surface area contributed by atoms with Crippen molar-refractivity contribution in [1.82, 2.24) is 10.5 Å². The van der Waals surface area contributed by atoms with Crippen LogP contribution in [0.1, 0.15) is 27.9 Å². The van der Waals surface area contributed by atoms with Crippen molar-refractivity contribution in [3.8, 4) is 0 Å². The van der Waals surface area contributed by atoms with Crippen molar-refractivity contribution < 1.29 is 19.3 Å². The lowest BCUT2D eigenvalue weighted by Gasteiger charge is -2.06. The van der Waals surface area contributed by atoms with Gasteiger partial charge in [0.1, 0.15) is 0 Å². The van der Waals surface area contributed by atoms with Gasteiger partial charge >= 0.3 is 5.97 Å². The maximum Gasteiger partial charge on any atom is 0.335 e. The normalized spacial score (nSPS) is 17.5. The molecular weight excluding hydrogens is 250 g/mol. The van der Waals surface area contributed by atoms with Crippen LogP contribution >= 0.6 is 0 Å². The minimum atomic E-state index is -0.992. The fraction of sp³-hybridized carbons (Fsp3) is 0.0833. The van der Waals surface area contributed by atoms with Gasteiger partial charge in [-0.15, -0.1) is 0 Å². The Morgan fingerprint density at radius 3 is 3.00 bits per heavy atom. The first-order valence-corrected chi connectivity index (χ1v) is 5.49. The maximum atomic E-state index is 10.9. The van der Waals surface area contributed by atoms with Crippen LogP contribution in [-0.4, -0.2) is 22.1 Å². The number of carboxylic acid groups (broad SMARTS) is 1. The zero-order chi connectivity index (χ0) is 13.2. The Morgan fingerprint density at radius 1 is 1.37 bits per heavy atom. The summed E-state index contributed by atoms with van der Waals surface area (Å²) in [6, 6.07) is 8.06. The molecule has 7 nitrogen and oxygen atoms in total. The Bertz CT molecular complexity index is 636. The number of carboxylic acids is 1. The Hall–Kier alpha value is -2.83. The van der Waals surface area contributed by atoms with E-state index < -0.39 is 12.2 Å². The number of oxime groups is 1. The first-order chi connectivity index (χ1) is 9.24. The van der Waals surface area contributed by atoms with Gasteiger partial charge in [0.2, 0.25) is 5.76 Å². The number of aromatic nitrogens is 1. The number of carbonyl (C=O) groups is 1. The molecule has 1 unspecified atom stereocenters. The minimum absolute atomic E-state index is 0.185. The number of nitrogens with one attached hydrogen (secondary N) is 1. The summed E-state index contributed by atoms with van der Waals surface area (Å²) in [4.78, 5) is 16.1. The van der Waals surface area contributed by atoms with Gasteiger partial charge in [-0.1, -0.05) is 22.4 Å². The molecule has 7 heteroatoms. The first kappa shape index (κ1) is 11.3. The third-order valence-corrected chi connectivity index (χ3v) is 2.62. The molecule has 2 heterocycles. The zero-order valence-corrected chi connectivity index (χ0v) is 9.61. The van der Waals surface area contributed by atoms with E-state index in [2.05, 4.69) is 15.6 Å². The molecule has 0 radical (unpaired) electrons. The molecule has 1 aliphatic rings. The molecule has 1 atom stereocenters. The minimum Gasteiger partial charge on any atom is -0.478 e. The van der Waals surface area contributed by atoms with Crippen LogP contribution in [-0.2, 0) is 4.84 Å². The van der Waals surface area contributed by atoms with Gasteiger partial charge in [-0.3, -0.25) is 0 Å². The molecule has 0 aliphatic carbocycles. The highest BCUT2D eigenvalue weighted by molar-refractivity contribution is 6.01. The van der Waals surface area contributed by atoms with Crippen LogP contribution in [0.3, 0.4) is 0 Å². The second kappa shape index (κ2) is 4.45. The number of aromatic carboxylic acids is 1. The standard InChI is InChI=1S/C12H9N3O4/c16-12(17)8-3-1-2-7(6-8)10-14-11(19-15-10)9-4-5-13-18-9/h1-6,11H,(H,14,15)(H,16,17). The Labute approximate surface area is 107 Å². The van der Waals surface area contributed by atoms with E-state index in [0.717, 1.165) is 0 Å². The third kappa shape index (κ3) is 2.13. The summed E-state index contributed by atoms with van der Waals surface area (Å²) in [5.41, 5.74) is 0.812. The van der Waals surface area contributed by atoms with Gasteiger partial charge in [0, 0.05) is 11.6 Å². The zero-order valence-electron chi connectivity index (χ0n) is 9.61. The molecule has 0 amide bonds. The Kier molecular flexibility index (Phi) is 2.64. The van der Waals surface area contributed by atoms with Crippen molar-refractivity contribution >= 4 is 11.8 Å². The van der Waals surface area contributed by atoms with Crippen molar-refractivity contribution in [3.63, 3.8) is 0 Å². The van der Waals surface area contributed by atoms with E-state index in [9.17, 15) is 4.79 Å². The summed E-state index contributed by atoms with van der Waals surface area (Å²) in [7, 11) is 0. The van der Waals surface area contributed by atoms with Crippen molar-refractivity contribution in [3.05, 3.63) is 53.4 Å². The van der Waals surface area contributed by atoms with Crippen LogP contribution in [0.2, 0.25) is 0 Å². The van der Waals surface area contributed by atoms with Crippen molar-refractivity contribution in [1.29, 1.82) is 0 Å². The fourth-order valence-corrected chi connectivity index (χ4v) is 1.70. The van der Waals surface area contributed by atoms with Gasteiger partial charge in [-0.05, 0) is 12.1 Å². The SMILES string of the molecule is O=C(O)c1cccc(C2=NOC(c3ccno3)N2)c1. The summed E-state index contributed by atoms with van der Waals surface area (Å²) in [6.07, 6.45) is 0.953. The van der Waals surface area contributed by atoms with Gasteiger partial charge in [0.05, 0.1) is 11.8 Å². The van der Waals surface area contributed by atoms with Crippen LogP contribution < -0.4 is 5.32 Å². The second-order valence-corrected chi connectivity index (χ2v) is 3.87. The van der Waals surface area contributed by atoms with E-state index in [1.807, 2.05) is 0 Å². The number of amidine groups is 1. The first-order valence-electron chi connectivity index (χ1n) is 5.49. The Morgan fingerprint density at radius 2 is 2.26 bits per heavy atom. The van der Waals surface area contributed by atoms with Gasteiger partial charge in [-0.25, -0.2) is 4.79 Å². The molecule has 1 aromatic carbocycles. The summed E-state index contributed by atoms with van der Waals surface area (Å²) in [5, 5.41) is 19.4. The molecule has 0 bridgehead atoms. The lowest BCUT2D eigenvalue weighted by Crippen LogP contribution is -2.23. The smallest absolute Gasteiger partial charge is 0.335 e. The third-order valence-electron chi connectivity index (χ3n) is 2.62. The largest absolute Gasteiger partial charge is 0.478 e. The number of hydrogen-bond donors (Lipinski definition) is 2. The van der Waals surface area contributed by atoms with E-state index in [0.29, 0.717) is 17.2 Å². The molecular formula is C12H9N3O4. The van der Waals surface area contributed by atoms with Crippen LogP contribution in [0.25, 0.3) is 0 Å². The van der Waals surface area contributed by atoms with Gasteiger partial charge < -0.3 is 19.8 Å². The molecule has 1 aromatic heterocycles. The topological polar surface area (TPSA) is 97.0 Å². The summed E-state index contributed by atoms with van der Waals surface area (Å²) in [6.45, 7) is 0. The van der Waals surface area contributed by atoms with E-state index in [1.54, 1.807) is 18.2 Å². The van der Waals surface area contributed by atoms with Crippen LogP contribution in [0, 0.1) is 0 Å². The predicted octanol–water partition coefficient (Wildman–Crippen LogP) is 1.35. The van der Waals surface area contributed by atoms with Crippen LogP contribution in [0.15, 0.2) is 46.2 Å². The molecule has 96 valence electrons. The molecule has 2 aromatic rings. The predicted molar refractivity (Wildman–Crippen MR) is 63.4 cm³/mol. The summed E-state index contributed by atoms with van der Waals surface area (Å²) in [5.74, 6) is -0.0502. The van der Waals surface area contributed by atoms with Crippen LogP contribution in [0.5, 0.6) is 0 Å². The van der Waals surface area contributed by atoms with Crippen molar-refractivity contribution in [2.75, 3.05) is 0 Å². The summed E-state index contributed by atoms with van der Waals surface area (Å²) >= 11 is 0. The molecule has 0 fully saturated rings.